The van der Waals surface area contributed by atoms with Crippen molar-refractivity contribution < 1.29 is 22.4 Å². The number of benzene rings is 2. The zero-order chi connectivity index (χ0) is 24.1. The Morgan fingerprint density at radius 3 is 2.19 bits per heavy atom. The highest BCUT2D eigenvalue weighted by atomic mass is 35.5. The molecule has 2 aromatic carbocycles. The van der Waals surface area contributed by atoms with E-state index in [1.807, 2.05) is 0 Å². The van der Waals surface area contributed by atoms with Crippen molar-refractivity contribution in [2.75, 3.05) is 17.1 Å². The molecule has 0 aliphatic heterocycles. The average Bonchev–Trinajstić information content (AvgIpc) is 2.70. The van der Waals surface area contributed by atoms with Gasteiger partial charge in [-0.15, -0.1) is 0 Å². The highest BCUT2D eigenvalue weighted by molar-refractivity contribution is 7.92. The van der Waals surface area contributed by atoms with Gasteiger partial charge in [-0.25, -0.2) is 12.8 Å². The molecule has 0 radical (unpaired) electrons. The molecular formula is C22H27ClFN3O4S. The number of carbonyl (C=O) groups excluding carboxylic acids is 2. The molecular weight excluding hydrogens is 457 g/mol. The normalized spacial score (nSPS) is 12.3. The van der Waals surface area contributed by atoms with Crippen LogP contribution in [0.5, 0.6) is 0 Å². The van der Waals surface area contributed by atoms with Crippen LogP contribution in [0.1, 0.15) is 26.3 Å². The fourth-order valence-corrected chi connectivity index (χ4v) is 3.99. The van der Waals surface area contributed by atoms with Crippen molar-refractivity contribution in [3.8, 4) is 0 Å². The third kappa shape index (κ3) is 6.93. The van der Waals surface area contributed by atoms with Crippen molar-refractivity contribution >= 4 is 39.1 Å². The Morgan fingerprint density at radius 2 is 1.66 bits per heavy atom. The van der Waals surface area contributed by atoms with Gasteiger partial charge in [0.15, 0.2) is 0 Å². The Labute approximate surface area is 193 Å². The van der Waals surface area contributed by atoms with E-state index in [1.165, 1.54) is 54.3 Å². The third-order valence-electron chi connectivity index (χ3n) is 4.69. The third-order valence-corrected chi connectivity index (χ3v) is 6.08. The molecule has 1 atom stereocenters. The Bertz CT molecular complexity index is 1060. The van der Waals surface area contributed by atoms with Gasteiger partial charge in [0.1, 0.15) is 18.4 Å². The molecule has 0 aromatic heterocycles. The van der Waals surface area contributed by atoms with Crippen molar-refractivity contribution in [1.29, 1.82) is 0 Å². The molecule has 10 heteroatoms. The van der Waals surface area contributed by atoms with Crippen LogP contribution in [0.3, 0.4) is 0 Å². The lowest BCUT2D eigenvalue weighted by atomic mass is 10.1. The Hall–Kier alpha value is -2.65. The highest BCUT2D eigenvalue weighted by Gasteiger charge is 2.30. The largest absolute Gasteiger partial charge is 0.352 e. The molecule has 0 bridgehead atoms. The van der Waals surface area contributed by atoms with Gasteiger partial charge in [-0.3, -0.25) is 13.9 Å². The summed E-state index contributed by atoms with van der Waals surface area (Å²) in [5, 5.41) is 3.14. The lowest BCUT2D eigenvalue weighted by Crippen LogP contribution is -2.52. The summed E-state index contributed by atoms with van der Waals surface area (Å²) in [6, 6.07) is 10.8. The SMILES string of the molecule is CC(C)NC(=O)[C@@H](C)N(Cc1ccccc1F)C(=O)CN(c1ccc(Cl)cc1)S(C)(=O)=O. The first-order chi connectivity index (χ1) is 14.9. The van der Waals surface area contributed by atoms with Crippen LogP contribution in [0.15, 0.2) is 48.5 Å². The molecule has 0 aliphatic rings. The highest BCUT2D eigenvalue weighted by Crippen LogP contribution is 2.21. The maximum atomic E-state index is 14.3. The quantitative estimate of drug-likeness (QED) is 0.593. The van der Waals surface area contributed by atoms with E-state index < -0.39 is 40.2 Å². The number of nitrogens with one attached hydrogen (secondary N) is 1. The molecule has 32 heavy (non-hydrogen) atoms. The minimum Gasteiger partial charge on any atom is -0.352 e. The smallest absolute Gasteiger partial charge is 0.244 e. The number of rotatable bonds is 9. The van der Waals surface area contributed by atoms with Gasteiger partial charge in [0, 0.05) is 23.2 Å². The van der Waals surface area contributed by atoms with Crippen LogP contribution in [0.25, 0.3) is 0 Å². The van der Waals surface area contributed by atoms with Crippen molar-refractivity contribution in [3.05, 3.63) is 64.9 Å². The summed E-state index contributed by atoms with van der Waals surface area (Å²) in [6.07, 6.45) is 0.977. The Kier molecular flexibility index (Phi) is 8.63. The summed E-state index contributed by atoms with van der Waals surface area (Å²) in [5.41, 5.74) is 0.456. The van der Waals surface area contributed by atoms with E-state index in [-0.39, 0.29) is 23.8 Å². The zero-order valence-electron chi connectivity index (χ0n) is 18.4. The van der Waals surface area contributed by atoms with Crippen LogP contribution in [0.4, 0.5) is 10.1 Å². The number of nitrogens with zero attached hydrogens (tertiary/aromatic N) is 2. The first-order valence-electron chi connectivity index (χ1n) is 9.96. The number of hydrogen-bond acceptors (Lipinski definition) is 4. The van der Waals surface area contributed by atoms with Crippen LogP contribution < -0.4 is 9.62 Å². The first-order valence-corrected chi connectivity index (χ1v) is 12.2. The second-order valence-corrected chi connectivity index (χ2v) is 10.0. The molecule has 0 heterocycles. The second kappa shape index (κ2) is 10.8. The number of hydrogen-bond donors (Lipinski definition) is 1. The fraction of sp³-hybridized carbons (Fsp3) is 0.364. The van der Waals surface area contributed by atoms with Crippen LogP contribution in [-0.2, 0) is 26.2 Å². The summed E-state index contributed by atoms with van der Waals surface area (Å²) < 4.78 is 40.0. The summed E-state index contributed by atoms with van der Waals surface area (Å²) in [7, 11) is -3.84. The average molecular weight is 484 g/mol. The van der Waals surface area contributed by atoms with E-state index in [1.54, 1.807) is 19.9 Å². The topological polar surface area (TPSA) is 86.8 Å². The summed E-state index contributed by atoms with van der Waals surface area (Å²) >= 11 is 5.89. The second-order valence-electron chi connectivity index (χ2n) is 7.70. The fourth-order valence-electron chi connectivity index (χ4n) is 3.02. The van der Waals surface area contributed by atoms with Crippen LogP contribution in [-0.4, -0.2) is 50.0 Å². The molecule has 0 saturated carbocycles. The van der Waals surface area contributed by atoms with Gasteiger partial charge in [0.05, 0.1) is 11.9 Å². The summed E-state index contributed by atoms with van der Waals surface area (Å²) in [4.78, 5) is 27.1. The molecule has 0 spiro atoms. The van der Waals surface area contributed by atoms with E-state index in [4.69, 9.17) is 11.6 Å². The van der Waals surface area contributed by atoms with E-state index in [9.17, 15) is 22.4 Å². The van der Waals surface area contributed by atoms with Crippen molar-refractivity contribution in [2.24, 2.45) is 0 Å². The van der Waals surface area contributed by atoms with E-state index in [2.05, 4.69) is 5.32 Å². The molecule has 0 unspecified atom stereocenters. The number of anilines is 1. The molecule has 7 nitrogen and oxygen atoms in total. The zero-order valence-corrected chi connectivity index (χ0v) is 20.0. The van der Waals surface area contributed by atoms with Crippen LogP contribution in [0, 0.1) is 5.82 Å². The Morgan fingerprint density at radius 1 is 1.06 bits per heavy atom. The lowest BCUT2D eigenvalue weighted by molar-refractivity contribution is -0.139. The molecule has 2 rings (SSSR count). The molecule has 174 valence electrons. The van der Waals surface area contributed by atoms with Crippen LogP contribution in [0.2, 0.25) is 5.02 Å². The molecule has 0 fully saturated rings. The van der Waals surface area contributed by atoms with E-state index in [0.29, 0.717) is 5.02 Å². The van der Waals surface area contributed by atoms with Gasteiger partial charge < -0.3 is 10.2 Å². The van der Waals surface area contributed by atoms with Gasteiger partial charge in [0.25, 0.3) is 0 Å². The van der Waals surface area contributed by atoms with Crippen molar-refractivity contribution in [1.82, 2.24) is 10.2 Å². The van der Waals surface area contributed by atoms with Gasteiger partial charge >= 0.3 is 0 Å². The van der Waals surface area contributed by atoms with Gasteiger partial charge in [-0.2, -0.15) is 0 Å². The molecule has 1 N–H and O–H groups in total. The summed E-state index contributed by atoms with van der Waals surface area (Å²) in [5.74, 6) is -1.61. The molecule has 0 aliphatic carbocycles. The number of sulfonamides is 1. The number of halogens is 2. The molecule has 2 aromatic rings. The summed E-state index contributed by atoms with van der Waals surface area (Å²) in [6.45, 7) is 4.31. The predicted molar refractivity (Wildman–Crippen MR) is 123 cm³/mol. The minimum atomic E-state index is -3.84. The van der Waals surface area contributed by atoms with Gasteiger partial charge in [-0.05, 0) is 51.1 Å². The predicted octanol–water partition coefficient (Wildman–Crippen LogP) is 3.19. The van der Waals surface area contributed by atoms with Gasteiger partial charge in [-0.1, -0.05) is 29.8 Å². The Balaban J connectivity index is 2.39. The molecule has 0 saturated heterocycles. The van der Waals surface area contributed by atoms with Crippen molar-refractivity contribution in [2.45, 2.75) is 39.4 Å². The maximum Gasteiger partial charge on any atom is 0.244 e. The standard InChI is InChI=1S/C22H27ClFN3O4S/c1-15(2)25-22(29)16(3)26(13-17-7-5-6-8-20(17)24)21(28)14-27(32(4,30)31)19-11-9-18(23)10-12-19/h5-12,15-16H,13-14H2,1-4H3,(H,25,29)/t16-/m1/s1. The number of carbonyl (C=O) groups is 2. The monoisotopic (exact) mass is 483 g/mol. The van der Waals surface area contributed by atoms with E-state index in [0.717, 1.165) is 10.6 Å². The van der Waals surface area contributed by atoms with Crippen LogP contribution >= 0.6 is 11.6 Å². The minimum absolute atomic E-state index is 0.169. The lowest BCUT2D eigenvalue weighted by Gasteiger charge is -2.32. The van der Waals surface area contributed by atoms with Crippen molar-refractivity contribution in [3.63, 3.8) is 0 Å². The maximum absolute atomic E-state index is 14.3. The first kappa shape index (κ1) is 25.6. The van der Waals surface area contributed by atoms with E-state index >= 15 is 0 Å². The number of amides is 2. The molecule has 2 amide bonds. The van der Waals surface area contributed by atoms with Gasteiger partial charge in [0.2, 0.25) is 21.8 Å².